The fourth-order valence-electron chi connectivity index (χ4n) is 2.44. The molecule has 0 aliphatic rings. The number of fused-ring (bicyclic) bond motifs is 1. The molecule has 0 bridgehead atoms. The lowest BCUT2D eigenvalue weighted by molar-refractivity contribution is 0.539. The largest absolute Gasteiger partial charge is 0.264 e. The summed E-state index contributed by atoms with van der Waals surface area (Å²) in [5, 5.41) is 9.09. The Hall–Kier alpha value is -2.42. The summed E-state index contributed by atoms with van der Waals surface area (Å²) in [6.07, 6.45) is 2.90. The van der Waals surface area contributed by atoms with E-state index in [4.69, 9.17) is 0 Å². The van der Waals surface area contributed by atoms with Crippen molar-refractivity contribution in [2.75, 3.05) is 4.72 Å². The molecule has 9 heteroatoms. The van der Waals surface area contributed by atoms with Crippen molar-refractivity contribution in [2.24, 2.45) is 7.05 Å². The Morgan fingerprint density at radius 1 is 1.30 bits per heavy atom. The quantitative estimate of drug-likeness (QED) is 0.786. The molecule has 0 aliphatic carbocycles. The van der Waals surface area contributed by atoms with Crippen LogP contribution in [0.5, 0.6) is 0 Å². The Bertz CT molecular complexity index is 970. The Balaban J connectivity index is 2.02. The van der Waals surface area contributed by atoms with Crippen LogP contribution in [-0.4, -0.2) is 33.0 Å². The van der Waals surface area contributed by atoms with Crippen molar-refractivity contribution in [3.05, 3.63) is 30.2 Å². The lowest BCUT2D eigenvalue weighted by Gasteiger charge is -2.13. The molecule has 23 heavy (non-hydrogen) atoms. The molecule has 0 atom stereocenters. The van der Waals surface area contributed by atoms with Gasteiger partial charge in [-0.1, -0.05) is 0 Å². The van der Waals surface area contributed by atoms with E-state index in [1.54, 1.807) is 34.7 Å². The van der Waals surface area contributed by atoms with E-state index in [2.05, 4.69) is 19.9 Å². The molecule has 122 valence electrons. The number of pyridine rings is 1. The number of sulfonamides is 1. The van der Waals surface area contributed by atoms with Crippen molar-refractivity contribution in [1.82, 2.24) is 24.5 Å². The molecule has 3 aromatic rings. The van der Waals surface area contributed by atoms with Crippen molar-refractivity contribution in [1.29, 1.82) is 0 Å². The van der Waals surface area contributed by atoms with Crippen LogP contribution < -0.4 is 4.72 Å². The van der Waals surface area contributed by atoms with Gasteiger partial charge in [-0.3, -0.25) is 9.40 Å². The maximum absolute atomic E-state index is 12.6. The molecular weight excluding hydrogens is 316 g/mol. The molecule has 0 unspecified atom stereocenters. The summed E-state index contributed by atoms with van der Waals surface area (Å²) >= 11 is 0. The van der Waals surface area contributed by atoms with Crippen molar-refractivity contribution in [2.45, 2.75) is 31.7 Å². The van der Waals surface area contributed by atoms with Gasteiger partial charge in [0.05, 0.1) is 11.9 Å². The first kappa shape index (κ1) is 15.5. The summed E-state index contributed by atoms with van der Waals surface area (Å²) in [5.41, 5.74) is 1.38. The second-order valence-electron chi connectivity index (χ2n) is 5.61. The number of aromatic nitrogens is 5. The number of anilines is 1. The highest BCUT2D eigenvalue weighted by Crippen LogP contribution is 2.22. The fraction of sp³-hybridized carbons (Fsp3) is 0.357. The molecule has 0 saturated carbocycles. The summed E-state index contributed by atoms with van der Waals surface area (Å²) < 4.78 is 31.0. The number of hydrogen-bond donors (Lipinski definition) is 1. The number of nitrogens with one attached hydrogen (secondary N) is 1. The van der Waals surface area contributed by atoms with Crippen LogP contribution in [0.15, 0.2) is 29.4 Å². The van der Waals surface area contributed by atoms with Gasteiger partial charge in [0.15, 0.2) is 5.65 Å². The van der Waals surface area contributed by atoms with Crippen LogP contribution >= 0.6 is 0 Å². The van der Waals surface area contributed by atoms with Gasteiger partial charge in [-0.2, -0.15) is 10.2 Å². The average molecular weight is 334 g/mol. The third-order valence-corrected chi connectivity index (χ3v) is 4.87. The van der Waals surface area contributed by atoms with E-state index < -0.39 is 10.0 Å². The number of nitrogens with zero attached hydrogens (tertiary/aromatic N) is 5. The Morgan fingerprint density at radius 3 is 2.74 bits per heavy atom. The van der Waals surface area contributed by atoms with Crippen LogP contribution in [0.3, 0.4) is 0 Å². The maximum atomic E-state index is 12.6. The van der Waals surface area contributed by atoms with Crippen LogP contribution in [0, 0.1) is 6.92 Å². The molecule has 8 nitrogen and oxygen atoms in total. The number of aryl methyl sites for hydroxylation is 2. The maximum Gasteiger partial charge on any atom is 0.264 e. The van der Waals surface area contributed by atoms with Crippen molar-refractivity contribution < 1.29 is 8.42 Å². The molecule has 0 fully saturated rings. The molecule has 0 radical (unpaired) electrons. The SMILES string of the molecule is Cc1nn(C)c2ncc(S(=O)(=O)Nc3ccnn3C(C)C)cc12. The van der Waals surface area contributed by atoms with Crippen molar-refractivity contribution in [3.8, 4) is 0 Å². The van der Waals surface area contributed by atoms with Gasteiger partial charge in [-0.15, -0.1) is 0 Å². The van der Waals surface area contributed by atoms with E-state index in [1.165, 1.54) is 6.20 Å². The second kappa shape index (κ2) is 5.34. The second-order valence-corrected chi connectivity index (χ2v) is 7.29. The third kappa shape index (κ3) is 2.67. The minimum absolute atomic E-state index is 0.0453. The highest BCUT2D eigenvalue weighted by molar-refractivity contribution is 7.92. The van der Waals surface area contributed by atoms with E-state index in [1.807, 2.05) is 20.8 Å². The molecule has 0 spiro atoms. The zero-order chi connectivity index (χ0) is 16.8. The predicted octanol–water partition coefficient (Wildman–Crippen LogP) is 1.85. The smallest absolute Gasteiger partial charge is 0.264 e. The van der Waals surface area contributed by atoms with Gasteiger partial charge >= 0.3 is 0 Å². The first-order chi connectivity index (χ1) is 10.8. The summed E-state index contributed by atoms with van der Waals surface area (Å²) in [4.78, 5) is 4.31. The van der Waals surface area contributed by atoms with Crippen LogP contribution in [0.2, 0.25) is 0 Å². The van der Waals surface area contributed by atoms with E-state index in [9.17, 15) is 8.42 Å². The van der Waals surface area contributed by atoms with Gasteiger partial charge < -0.3 is 0 Å². The first-order valence-electron chi connectivity index (χ1n) is 7.15. The van der Waals surface area contributed by atoms with Gasteiger partial charge in [0.2, 0.25) is 0 Å². The monoisotopic (exact) mass is 334 g/mol. The minimum Gasteiger partial charge on any atom is -0.264 e. The van der Waals surface area contributed by atoms with Crippen LogP contribution in [-0.2, 0) is 17.1 Å². The predicted molar refractivity (Wildman–Crippen MR) is 86.7 cm³/mol. The molecule has 0 saturated heterocycles. The molecular formula is C14H18N6O2S. The van der Waals surface area contributed by atoms with Gasteiger partial charge in [0, 0.05) is 30.7 Å². The van der Waals surface area contributed by atoms with Crippen LogP contribution in [0.1, 0.15) is 25.6 Å². The van der Waals surface area contributed by atoms with Crippen LogP contribution in [0.25, 0.3) is 11.0 Å². The molecule has 3 aromatic heterocycles. The zero-order valence-electron chi connectivity index (χ0n) is 13.3. The lowest BCUT2D eigenvalue weighted by atomic mass is 10.3. The van der Waals surface area contributed by atoms with E-state index in [0.29, 0.717) is 16.9 Å². The van der Waals surface area contributed by atoms with Gasteiger partial charge in [-0.05, 0) is 26.8 Å². The van der Waals surface area contributed by atoms with Crippen molar-refractivity contribution in [3.63, 3.8) is 0 Å². The first-order valence-corrected chi connectivity index (χ1v) is 8.63. The van der Waals surface area contributed by atoms with E-state index in [0.717, 1.165) is 5.69 Å². The molecule has 0 aliphatic heterocycles. The van der Waals surface area contributed by atoms with Crippen LogP contribution in [0.4, 0.5) is 5.82 Å². The molecule has 1 N–H and O–H groups in total. The molecule has 3 heterocycles. The summed E-state index contributed by atoms with van der Waals surface area (Å²) in [6, 6.07) is 3.26. The summed E-state index contributed by atoms with van der Waals surface area (Å²) in [7, 11) is -1.97. The molecule has 0 aromatic carbocycles. The number of hydrogen-bond acceptors (Lipinski definition) is 5. The molecule has 0 amide bonds. The lowest BCUT2D eigenvalue weighted by Crippen LogP contribution is -2.17. The van der Waals surface area contributed by atoms with E-state index >= 15 is 0 Å². The van der Waals surface area contributed by atoms with Gasteiger partial charge in [0.1, 0.15) is 10.7 Å². The highest BCUT2D eigenvalue weighted by atomic mass is 32.2. The number of rotatable bonds is 4. The van der Waals surface area contributed by atoms with Gasteiger partial charge in [-0.25, -0.2) is 18.1 Å². The third-order valence-electron chi connectivity index (χ3n) is 3.55. The normalized spacial score (nSPS) is 12.2. The summed E-state index contributed by atoms with van der Waals surface area (Å²) in [6.45, 7) is 5.68. The average Bonchev–Trinajstić information content (AvgIpc) is 3.04. The van der Waals surface area contributed by atoms with Crippen molar-refractivity contribution >= 4 is 26.9 Å². The van der Waals surface area contributed by atoms with Gasteiger partial charge in [0.25, 0.3) is 10.0 Å². The standard InChI is InChI=1S/C14H18N6O2S/c1-9(2)20-13(5-6-16-20)18-23(21,22)11-7-12-10(3)17-19(4)14(12)15-8-11/h5-9,18H,1-4H3. The highest BCUT2D eigenvalue weighted by Gasteiger charge is 2.19. The summed E-state index contributed by atoms with van der Waals surface area (Å²) in [5.74, 6) is 0.419. The zero-order valence-corrected chi connectivity index (χ0v) is 14.2. The molecule has 3 rings (SSSR count). The topological polar surface area (TPSA) is 94.7 Å². The Labute approximate surface area is 134 Å². The Kier molecular flexibility index (Phi) is 3.59. The van der Waals surface area contributed by atoms with E-state index in [-0.39, 0.29) is 10.9 Å². The minimum atomic E-state index is -3.75. The fourth-order valence-corrected chi connectivity index (χ4v) is 3.46. The Morgan fingerprint density at radius 2 is 2.04 bits per heavy atom.